The minimum atomic E-state index is -0.0336. The predicted octanol–water partition coefficient (Wildman–Crippen LogP) is 1.53. The molecule has 0 saturated heterocycles. The van der Waals surface area contributed by atoms with Crippen molar-refractivity contribution in [1.29, 1.82) is 0 Å². The summed E-state index contributed by atoms with van der Waals surface area (Å²) in [6, 6.07) is 3.68. The van der Waals surface area contributed by atoms with E-state index in [9.17, 15) is 0 Å². The SMILES string of the molecule is CC(N)c1cccnc1N.Cl.Cl. The highest BCUT2D eigenvalue weighted by atomic mass is 35.5. The van der Waals surface area contributed by atoms with Gasteiger partial charge in [0.15, 0.2) is 0 Å². The van der Waals surface area contributed by atoms with Crippen molar-refractivity contribution in [2.24, 2.45) is 5.73 Å². The maximum atomic E-state index is 5.59. The molecule has 1 atom stereocenters. The summed E-state index contributed by atoms with van der Waals surface area (Å²) in [5, 5.41) is 0. The van der Waals surface area contributed by atoms with Gasteiger partial charge in [0.2, 0.25) is 0 Å². The number of pyridine rings is 1. The maximum absolute atomic E-state index is 5.59. The topological polar surface area (TPSA) is 64.9 Å². The van der Waals surface area contributed by atoms with E-state index in [2.05, 4.69) is 4.98 Å². The normalized spacial score (nSPS) is 10.8. The summed E-state index contributed by atoms with van der Waals surface area (Å²) in [5.41, 5.74) is 12.0. The Bertz CT molecular complexity index is 228. The highest BCUT2D eigenvalue weighted by Crippen LogP contribution is 2.13. The number of nitrogen functional groups attached to an aromatic ring is 1. The first kappa shape index (κ1) is 14.0. The van der Waals surface area contributed by atoms with Gasteiger partial charge in [0.25, 0.3) is 0 Å². The molecule has 0 aromatic carbocycles. The molecule has 5 heteroatoms. The average molecular weight is 210 g/mol. The lowest BCUT2D eigenvalue weighted by Crippen LogP contribution is -2.08. The smallest absolute Gasteiger partial charge is 0.128 e. The van der Waals surface area contributed by atoms with Gasteiger partial charge >= 0.3 is 0 Å². The Kier molecular flexibility index (Phi) is 7.09. The zero-order chi connectivity index (χ0) is 7.56. The van der Waals surface area contributed by atoms with Gasteiger partial charge in [-0.3, -0.25) is 0 Å². The molecule has 0 spiro atoms. The van der Waals surface area contributed by atoms with E-state index in [1.807, 2.05) is 19.1 Å². The van der Waals surface area contributed by atoms with E-state index in [1.165, 1.54) is 0 Å². The van der Waals surface area contributed by atoms with Crippen LogP contribution in [-0.2, 0) is 0 Å². The molecule has 0 saturated carbocycles. The molecule has 0 aliphatic heterocycles. The van der Waals surface area contributed by atoms with Crippen LogP contribution in [0.15, 0.2) is 18.3 Å². The number of hydrogen-bond acceptors (Lipinski definition) is 3. The lowest BCUT2D eigenvalue weighted by Gasteiger charge is -2.06. The zero-order valence-corrected chi connectivity index (χ0v) is 8.36. The lowest BCUT2D eigenvalue weighted by atomic mass is 10.1. The molecule has 70 valence electrons. The third kappa shape index (κ3) is 3.26. The van der Waals surface area contributed by atoms with Gasteiger partial charge in [-0.05, 0) is 13.0 Å². The Morgan fingerprint density at radius 3 is 2.33 bits per heavy atom. The second kappa shape index (κ2) is 6.06. The van der Waals surface area contributed by atoms with Crippen molar-refractivity contribution in [2.75, 3.05) is 5.73 Å². The minimum absolute atomic E-state index is 0. The van der Waals surface area contributed by atoms with Crippen LogP contribution < -0.4 is 11.5 Å². The molecular formula is C7H13Cl2N3. The molecule has 0 aliphatic rings. The van der Waals surface area contributed by atoms with Crippen LogP contribution in [0.25, 0.3) is 0 Å². The molecule has 1 rings (SSSR count). The fraction of sp³-hybridized carbons (Fsp3) is 0.286. The molecule has 4 N–H and O–H groups in total. The first-order valence-corrected chi connectivity index (χ1v) is 3.18. The first-order chi connectivity index (χ1) is 4.72. The molecule has 3 nitrogen and oxygen atoms in total. The van der Waals surface area contributed by atoms with Crippen LogP contribution >= 0.6 is 24.8 Å². The summed E-state index contributed by atoms with van der Waals surface area (Å²) >= 11 is 0. The van der Waals surface area contributed by atoms with Crippen LogP contribution in [-0.4, -0.2) is 4.98 Å². The maximum Gasteiger partial charge on any atom is 0.128 e. The minimum Gasteiger partial charge on any atom is -0.383 e. The number of aromatic nitrogens is 1. The number of halogens is 2. The number of hydrogen-bond donors (Lipinski definition) is 2. The van der Waals surface area contributed by atoms with Gasteiger partial charge in [-0.2, -0.15) is 0 Å². The van der Waals surface area contributed by atoms with E-state index < -0.39 is 0 Å². The fourth-order valence-electron chi connectivity index (χ4n) is 0.815. The van der Waals surface area contributed by atoms with E-state index >= 15 is 0 Å². The Morgan fingerprint density at radius 1 is 1.42 bits per heavy atom. The Balaban J connectivity index is 0. The van der Waals surface area contributed by atoms with Crippen LogP contribution in [0.2, 0.25) is 0 Å². The zero-order valence-electron chi connectivity index (χ0n) is 6.73. The molecule has 0 radical (unpaired) electrons. The van der Waals surface area contributed by atoms with Crippen LogP contribution in [0.1, 0.15) is 18.5 Å². The quantitative estimate of drug-likeness (QED) is 0.738. The van der Waals surface area contributed by atoms with Crippen LogP contribution in [0.4, 0.5) is 5.82 Å². The third-order valence-electron chi connectivity index (χ3n) is 1.36. The average Bonchev–Trinajstić information content (AvgIpc) is 1.88. The number of anilines is 1. The predicted molar refractivity (Wildman–Crippen MR) is 55.7 cm³/mol. The third-order valence-corrected chi connectivity index (χ3v) is 1.36. The van der Waals surface area contributed by atoms with Gasteiger partial charge in [-0.15, -0.1) is 24.8 Å². The van der Waals surface area contributed by atoms with Gasteiger partial charge in [0.1, 0.15) is 5.82 Å². The summed E-state index contributed by atoms with van der Waals surface area (Å²) in [5.74, 6) is 0.525. The molecule has 0 amide bonds. The lowest BCUT2D eigenvalue weighted by molar-refractivity contribution is 0.816. The van der Waals surface area contributed by atoms with Crippen molar-refractivity contribution in [1.82, 2.24) is 4.98 Å². The standard InChI is InChI=1S/C7H11N3.2ClH/c1-5(8)6-3-2-4-10-7(6)9;;/h2-5H,8H2,1H3,(H2,9,10);2*1H. The van der Waals surface area contributed by atoms with Crippen LogP contribution in [0.5, 0.6) is 0 Å². The van der Waals surface area contributed by atoms with E-state index in [0.29, 0.717) is 5.82 Å². The van der Waals surface area contributed by atoms with Crippen LogP contribution in [0, 0.1) is 0 Å². The second-order valence-electron chi connectivity index (χ2n) is 2.27. The molecule has 0 bridgehead atoms. The van der Waals surface area contributed by atoms with Crippen molar-refractivity contribution in [3.05, 3.63) is 23.9 Å². The van der Waals surface area contributed by atoms with E-state index in [0.717, 1.165) is 5.56 Å². The van der Waals surface area contributed by atoms with Crippen molar-refractivity contribution >= 4 is 30.6 Å². The molecule has 0 aliphatic carbocycles. The van der Waals surface area contributed by atoms with Gasteiger partial charge in [0.05, 0.1) is 0 Å². The number of rotatable bonds is 1. The molecule has 0 fully saturated rings. The summed E-state index contributed by atoms with van der Waals surface area (Å²) < 4.78 is 0. The van der Waals surface area contributed by atoms with Crippen molar-refractivity contribution in [3.63, 3.8) is 0 Å². The Hall–Kier alpha value is -0.510. The summed E-state index contributed by atoms with van der Waals surface area (Å²) in [7, 11) is 0. The monoisotopic (exact) mass is 209 g/mol. The van der Waals surface area contributed by atoms with Crippen molar-refractivity contribution in [3.8, 4) is 0 Å². The number of nitrogens with zero attached hydrogens (tertiary/aromatic N) is 1. The number of nitrogens with two attached hydrogens (primary N) is 2. The van der Waals surface area contributed by atoms with E-state index in [-0.39, 0.29) is 30.9 Å². The Labute approximate surface area is 84.4 Å². The molecule has 1 aromatic rings. The van der Waals surface area contributed by atoms with Gasteiger partial charge in [-0.1, -0.05) is 6.07 Å². The Morgan fingerprint density at radius 2 is 2.00 bits per heavy atom. The largest absolute Gasteiger partial charge is 0.383 e. The molecule has 1 unspecified atom stereocenters. The molecular weight excluding hydrogens is 197 g/mol. The van der Waals surface area contributed by atoms with E-state index in [4.69, 9.17) is 11.5 Å². The van der Waals surface area contributed by atoms with Crippen molar-refractivity contribution in [2.45, 2.75) is 13.0 Å². The van der Waals surface area contributed by atoms with Gasteiger partial charge in [0, 0.05) is 17.8 Å². The highest BCUT2D eigenvalue weighted by molar-refractivity contribution is 5.85. The fourth-order valence-corrected chi connectivity index (χ4v) is 0.815. The molecule has 1 heterocycles. The van der Waals surface area contributed by atoms with Gasteiger partial charge in [-0.25, -0.2) is 4.98 Å². The van der Waals surface area contributed by atoms with Gasteiger partial charge < -0.3 is 11.5 Å². The second-order valence-corrected chi connectivity index (χ2v) is 2.27. The van der Waals surface area contributed by atoms with Crippen LogP contribution in [0.3, 0.4) is 0 Å². The van der Waals surface area contributed by atoms with E-state index in [1.54, 1.807) is 6.20 Å². The first-order valence-electron chi connectivity index (χ1n) is 3.18. The van der Waals surface area contributed by atoms with Crippen molar-refractivity contribution < 1.29 is 0 Å². The molecule has 1 aromatic heterocycles. The molecule has 12 heavy (non-hydrogen) atoms. The summed E-state index contributed by atoms with van der Waals surface area (Å²) in [4.78, 5) is 3.90. The highest BCUT2D eigenvalue weighted by Gasteiger charge is 2.01. The summed E-state index contributed by atoms with van der Waals surface area (Å²) in [6.07, 6.45) is 1.65. The summed E-state index contributed by atoms with van der Waals surface area (Å²) in [6.45, 7) is 1.88.